The first-order valence-corrected chi connectivity index (χ1v) is 7.49. The van der Waals surface area contributed by atoms with Gasteiger partial charge in [0, 0.05) is 23.3 Å². The lowest BCUT2D eigenvalue weighted by Gasteiger charge is -2.10. The number of anilines is 1. The molecular weight excluding hydrogens is 320 g/mol. The van der Waals surface area contributed by atoms with E-state index < -0.39 is 17.6 Å². The summed E-state index contributed by atoms with van der Waals surface area (Å²) in [5, 5.41) is 4.02. The summed E-state index contributed by atoms with van der Waals surface area (Å²) in [4.78, 5) is 11.8. The van der Waals surface area contributed by atoms with E-state index in [1.54, 1.807) is 20.8 Å². The van der Waals surface area contributed by atoms with Crippen molar-refractivity contribution in [3.05, 3.63) is 40.6 Å². The van der Waals surface area contributed by atoms with Crippen LogP contribution in [-0.4, -0.2) is 29.0 Å². The molecule has 24 heavy (non-hydrogen) atoms. The first-order valence-electron chi connectivity index (χ1n) is 7.49. The van der Waals surface area contributed by atoms with Crippen molar-refractivity contribution in [1.29, 1.82) is 0 Å². The van der Waals surface area contributed by atoms with Gasteiger partial charge in [-0.3, -0.25) is 0 Å². The molecule has 1 heterocycles. The Labute approximate surface area is 138 Å². The lowest BCUT2D eigenvalue weighted by Crippen LogP contribution is -2.11. The minimum Gasteiger partial charge on any atom is -0.494 e. The van der Waals surface area contributed by atoms with Gasteiger partial charge in [0.1, 0.15) is 23.2 Å². The average Bonchev–Trinajstić information content (AvgIpc) is 2.80. The van der Waals surface area contributed by atoms with Gasteiger partial charge in [0.2, 0.25) is 0 Å². The summed E-state index contributed by atoms with van der Waals surface area (Å²) in [5.74, 6) is -1.93. The van der Waals surface area contributed by atoms with Crippen molar-refractivity contribution in [1.82, 2.24) is 9.78 Å². The largest absolute Gasteiger partial charge is 0.494 e. The van der Waals surface area contributed by atoms with Crippen LogP contribution in [0.25, 0.3) is 0 Å². The molecule has 0 saturated heterocycles. The monoisotopic (exact) mass is 339 g/mol. The van der Waals surface area contributed by atoms with Crippen molar-refractivity contribution < 1.29 is 23.0 Å². The molecule has 0 saturated carbocycles. The van der Waals surface area contributed by atoms with Crippen LogP contribution in [0.15, 0.2) is 12.1 Å². The molecule has 0 atom stereocenters. The molecule has 2 rings (SSSR count). The number of carbonyl (C=O) groups is 1. The smallest absolute Gasteiger partial charge is 0.359 e. The van der Waals surface area contributed by atoms with E-state index >= 15 is 0 Å². The lowest BCUT2D eigenvalue weighted by molar-refractivity contribution is 0.0517. The van der Waals surface area contributed by atoms with Gasteiger partial charge < -0.3 is 15.2 Å². The first-order chi connectivity index (χ1) is 11.4. The first kappa shape index (κ1) is 17.7. The van der Waals surface area contributed by atoms with E-state index in [4.69, 9.17) is 15.2 Å². The van der Waals surface area contributed by atoms with E-state index in [0.717, 1.165) is 12.1 Å². The molecular formula is C16H19F2N3O3. The number of nitrogens with zero attached hydrogens (tertiary/aromatic N) is 2. The van der Waals surface area contributed by atoms with Gasteiger partial charge in [-0.05, 0) is 20.8 Å². The molecule has 2 N–H and O–H groups in total. The van der Waals surface area contributed by atoms with E-state index in [9.17, 15) is 13.6 Å². The molecule has 0 aliphatic rings. The number of nitrogens with two attached hydrogens (primary N) is 1. The highest BCUT2D eigenvalue weighted by Gasteiger charge is 2.21. The Morgan fingerprint density at radius 2 is 1.88 bits per heavy atom. The van der Waals surface area contributed by atoms with Gasteiger partial charge in [-0.2, -0.15) is 5.10 Å². The number of esters is 1. The predicted octanol–water partition coefficient (Wildman–Crippen LogP) is 2.68. The third kappa shape index (κ3) is 3.47. The molecule has 2 aromatic rings. The zero-order valence-corrected chi connectivity index (χ0v) is 13.7. The fraction of sp³-hybridized carbons (Fsp3) is 0.375. The third-order valence-corrected chi connectivity index (χ3v) is 3.44. The van der Waals surface area contributed by atoms with Gasteiger partial charge in [0.15, 0.2) is 5.69 Å². The molecule has 0 spiro atoms. The van der Waals surface area contributed by atoms with Crippen LogP contribution in [-0.2, 0) is 11.3 Å². The number of rotatable bonds is 6. The van der Waals surface area contributed by atoms with Gasteiger partial charge in [-0.25, -0.2) is 18.3 Å². The molecule has 0 aliphatic heterocycles. The molecule has 0 aliphatic carbocycles. The summed E-state index contributed by atoms with van der Waals surface area (Å²) in [5.41, 5.74) is 6.10. The molecule has 0 unspecified atom stereocenters. The maximum Gasteiger partial charge on any atom is 0.359 e. The molecule has 0 fully saturated rings. The van der Waals surface area contributed by atoms with Gasteiger partial charge in [-0.15, -0.1) is 0 Å². The SMILES string of the molecule is CCOC(=O)c1nn(Cc2c(F)cc(OCC)cc2F)c(N)c1C. The number of hydrogen-bond acceptors (Lipinski definition) is 5. The van der Waals surface area contributed by atoms with Crippen LogP contribution in [0.5, 0.6) is 5.75 Å². The standard InChI is InChI=1S/C16H19F2N3O3/c1-4-23-10-6-12(17)11(13(18)7-10)8-21-15(19)9(3)14(20-21)16(22)24-5-2/h6-7H,4-5,8,19H2,1-3H3. The number of carbonyl (C=O) groups excluding carboxylic acids is 1. The minimum atomic E-state index is -0.774. The van der Waals surface area contributed by atoms with Crippen molar-refractivity contribution >= 4 is 11.8 Å². The second-order valence-electron chi connectivity index (χ2n) is 5.04. The summed E-state index contributed by atoms with van der Waals surface area (Å²) in [7, 11) is 0. The van der Waals surface area contributed by atoms with E-state index in [0.29, 0.717) is 12.2 Å². The summed E-state index contributed by atoms with van der Waals surface area (Å²) in [6.07, 6.45) is 0. The zero-order valence-electron chi connectivity index (χ0n) is 13.7. The molecule has 6 nitrogen and oxygen atoms in total. The van der Waals surface area contributed by atoms with Crippen molar-refractivity contribution in [2.75, 3.05) is 18.9 Å². The average molecular weight is 339 g/mol. The maximum atomic E-state index is 14.1. The van der Waals surface area contributed by atoms with Crippen LogP contribution in [0, 0.1) is 18.6 Å². The van der Waals surface area contributed by atoms with Crippen LogP contribution in [0.4, 0.5) is 14.6 Å². The summed E-state index contributed by atoms with van der Waals surface area (Å²) >= 11 is 0. The van der Waals surface area contributed by atoms with Gasteiger partial charge in [0.05, 0.1) is 19.8 Å². The molecule has 130 valence electrons. The highest BCUT2D eigenvalue weighted by molar-refractivity contribution is 5.90. The predicted molar refractivity (Wildman–Crippen MR) is 84.0 cm³/mol. The van der Waals surface area contributed by atoms with Gasteiger partial charge in [0.25, 0.3) is 0 Å². The van der Waals surface area contributed by atoms with E-state index in [1.165, 1.54) is 4.68 Å². The Morgan fingerprint density at radius 1 is 1.25 bits per heavy atom. The van der Waals surface area contributed by atoms with Crippen LogP contribution < -0.4 is 10.5 Å². The number of nitrogen functional groups attached to an aromatic ring is 1. The summed E-state index contributed by atoms with van der Waals surface area (Å²) in [6.45, 7) is 5.21. The number of ether oxygens (including phenoxy) is 2. The van der Waals surface area contributed by atoms with Gasteiger partial charge in [-0.1, -0.05) is 0 Å². The topological polar surface area (TPSA) is 79.4 Å². The number of hydrogen-bond donors (Lipinski definition) is 1. The zero-order chi connectivity index (χ0) is 17.9. The number of halogens is 2. The normalized spacial score (nSPS) is 10.7. The lowest BCUT2D eigenvalue weighted by atomic mass is 10.2. The van der Waals surface area contributed by atoms with Gasteiger partial charge >= 0.3 is 5.97 Å². The Balaban J connectivity index is 2.35. The Morgan fingerprint density at radius 3 is 2.42 bits per heavy atom. The van der Waals surface area contributed by atoms with Crippen LogP contribution in [0.3, 0.4) is 0 Å². The summed E-state index contributed by atoms with van der Waals surface area (Å²) in [6, 6.07) is 2.20. The second kappa shape index (κ2) is 7.29. The Hall–Kier alpha value is -2.64. The van der Waals surface area contributed by atoms with E-state index in [-0.39, 0.29) is 36.0 Å². The molecule has 0 bridgehead atoms. The van der Waals surface area contributed by atoms with Crippen molar-refractivity contribution in [3.8, 4) is 5.75 Å². The van der Waals surface area contributed by atoms with Crippen LogP contribution in [0.1, 0.15) is 35.5 Å². The maximum absolute atomic E-state index is 14.1. The van der Waals surface area contributed by atoms with Crippen molar-refractivity contribution in [2.24, 2.45) is 0 Å². The fourth-order valence-electron chi connectivity index (χ4n) is 2.21. The molecule has 1 aromatic carbocycles. The fourth-order valence-corrected chi connectivity index (χ4v) is 2.21. The highest BCUT2D eigenvalue weighted by atomic mass is 19.1. The molecule has 0 amide bonds. The third-order valence-electron chi connectivity index (χ3n) is 3.44. The minimum absolute atomic E-state index is 0.0288. The molecule has 1 aromatic heterocycles. The van der Waals surface area contributed by atoms with Crippen LogP contribution >= 0.6 is 0 Å². The Bertz CT molecular complexity index is 736. The van der Waals surface area contributed by atoms with E-state index in [2.05, 4.69) is 5.10 Å². The van der Waals surface area contributed by atoms with Crippen LogP contribution in [0.2, 0.25) is 0 Å². The quantitative estimate of drug-likeness (QED) is 0.819. The molecule has 8 heteroatoms. The molecule has 0 radical (unpaired) electrons. The van der Waals surface area contributed by atoms with Crippen molar-refractivity contribution in [3.63, 3.8) is 0 Å². The van der Waals surface area contributed by atoms with E-state index in [1.807, 2.05) is 0 Å². The Kier molecular flexibility index (Phi) is 5.38. The number of benzene rings is 1. The second-order valence-corrected chi connectivity index (χ2v) is 5.04. The number of aromatic nitrogens is 2. The van der Waals surface area contributed by atoms with Crippen molar-refractivity contribution in [2.45, 2.75) is 27.3 Å². The highest BCUT2D eigenvalue weighted by Crippen LogP contribution is 2.24. The summed E-state index contributed by atoms with van der Waals surface area (Å²) < 4.78 is 39.4.